The van der Waals surface area contributed by atoms with Crippen LogP contribution < -0.4 is 0 Å². The van der Waals surface area contributed by atoms with E-state index in [1.165, 1.54) is 0 Å². The molecule has 37 heteroatoms. The molecule has 0 bridgehead atoms. The van der Waals surface area contributed by atoms with Gasteiger partial charge in [0.2, 0.25) is 0 Å². The summed E-state index contributed by atoms with van der Waals surface area (Å²) in [5.74, 6) is 0. The van der Waals surface area contributed by atoms with E-state index in [1.807, 2.05) is 138 Å². The first-order valence-electron chi connectivity index (χ1n) is 48.5. The van der Waals surface area contributed by atoms with Gasteiger partial charge in [-0.05, 0) is 138 Å². The fourth-order valence-corrected chi connectivity index (χ4v) is 10.4. The van der Waals surface area contributed by atoms with Crippen LogP contribution in [0.4, 0.5) is 0 Å². The van der Waals surface area contributed by atoms with Crippen LogP contribution in [0.1, 0.15) is 138 Å². The average molecular weight is 1910 g/mol. The zero-order valence-corrected chi connectivity index (χ0v) is 85.1. The van der Waals surface area contributed by atoms with Crippen molar-refractivity contribution >= 4 is 0 Å². The molecule has 0 saturated carbocycles. The fourth-order valence-electron chi connectivity index (χ4n) is 10.4. The van der Waals surface area contributed by atoms with Crippen molar-refractivity contribution in [2.75, 3.05) is 370 Å². The number of ether oxygens (including phenoxy) is 37. The number of rotatable bonds is 110. The van der Waals surface area contributed by atoms with Crippen molar-refractivity contribution in [3.05, 3.63) is 0 Å². The predicted octanol–water partition coefficient (Wildman–Crippen LogP) is 8.63. The van der Waals surface area contributed by atoms with Crippen LogP contribution in [0.5, 0.6) is 0 Å². The van der Waals surface area contributed by atoms with E-state index in [9.17, 15) is 0 Å². The molecule has 0 aliphatic rings. The van der Waals surface area contributed by atoms with Gasteiger partial charge in [0.15, 0.2) is 0 Å². The Kier molecular flexibility index (Phi) is 97.6. The smallest absolute Gasteiger partial charge is 0.0781 e. The van der Waals surface area contributed by atoms with Gasteiger partial charge in [0.1, 0.15) is 0 Å². The minimum Gasteiger partial charge on any atom is -0.377 e. The molecule has 131 heavy (non-hydrogen) atoms. The van der Waals surface area contributed by atoms with Crippen molar-refractivity contribution in [3.63, 3.8) is 0 Å². The molecule has 0 aliphatic heterocycles. The second kappa shape index (κ2) is 98.7. The Morgan fingerprint density at radius 3 is 0.282 bits per heavy atom. The third-order valence-corrected chi connectivity index (χ3v) is 17.9. The lowest BCUT2D eigenvalue weighted by atomic mass is 10.3. The molecule has 0 aromatic carbocycles. The van der Waals surface area contributed by atoms with Crippen LogP contribution in [0.15, 0.2) is 0 Å². The summed E-state index contributed by atoms with van der Waals surface area (Å²) >= 11 is 0. The lowest BCUT2D eigenvalue weighted by Gasteiger charge is -2.24. The molecular weight excluding hydrogens is 1720 g/mol. The minimum absolute atomic E-state index is 0.0971. The first kappa shape index (κ1) is 130. The molecule has 37 nitrogen and oxygen atoms in total. The summed E-state index contributed by atoms with van der Waals surface area (Å²) in [6.07, 6.45) is -1.55. The quantitative estimate of drug-likeness (QED) is 0.0514. The van der Waals surface area contributed by atoms with E-state index in [0.717, 1.165) is 0 Å². The van der Waals surface area contributed by atoms with Gasteiger partial charge in [0, 0.05) is 0 Å². The van der Waals surface area contributed by atoms with Crippen LogP contribution >= 0.6 is 0 Å². The third-order valence-electron chi connectivity index (χ3n) is 17.9. The van der Waals surface area contributed by atoms with Gasteiger partial charge in [-0.3, -0.25) is 0 Å². The first-order valence-corrected chi connectivity index (χ1v) is 48.5. The molecule has 16 unspecified atom stereocenters. The average Bonchev–Trinajstić information content (AvgIpc) is 0.962. The highest BCUT2D eigenvalue weighted by Crippen LogP contribution is 2.11. The van der Waals surface area contributed by atoms with Crippen molar-refractivity contribution in [1.82, 2.24) is 0 Å². The van der Waals surface area contributed by atoms with Crippen molar-refractivity contribution in [2.45, 2.75) is 248 Å². The van der Waals surface area contributed by atoms with Gasteiger partial charge in [-0.1, -0.05) is 0 Å². The maximum atomic E-state index is 6.05. The van der Waals surface area contributed by atoms with Gasteiger partial charge < -0.3 is 175 Å². The monoisotopic (exact) mass is 1910 g/mol. The van der Waals surface area contributed by atoms with Crippen LogP contribution in [-0.4, -0.2) is 480 Å². The topological polar surface area (TPSA) is 342 Å². The molecule has 16 atom stereocenters. The summed E-state index contributed by atoms with van der Waals surface area (Å²) < 4.78 is 212. The molecule has 0 spiro atoms. The zero-order chi connectivity index (χ0) is 96.2. The molecule has 0 fully saturated rings. The Morgan fingerprint density at radius 2 is 0.168 bits per heavy atom. The van der Waals surface area contributed by atoms with Crippen LogP contribution in [0, 0.1) is 0 Å². The summed E-state index contributed by atoms with van der Waals surface area (Å²) in [5.41, 5.74) is 0. The summed E-state index contributed by atoms with van der Waals surface area (Å²) in [6, 6.07) is 0. The molecule has 0 heterocycles. The van der Waals surface area contributed by atoms with Crippen LogP contribution in [-0.2, 0) is 175 Å². The molecule has 0 rings (SSSR count). The summed E-state index contributed by atoms with van der Waals surface area (Å²) in [6.45, 7) is 66.6. The maximum absolute atomic E-state index is 6.05. The number of hydrogen-bond donors (Lipinski definition) is 0. The molecule has 788 valence electrons. The summed E-state index contributed by atoms with van der Waals surface area (Å²) in [5, 5.41) is 0. The van der Waals surface area contributed by atoms with E-state index in [4.69, 9.17) is 175 Å². The Bertz CT molecular complexity index is 2180. The Labute approximate surface area is 790 Å². The molecule has 0 aromatic heterocycles. The second-order valence-corrected chi connectivity index (χ2v) is 32.8. The first-order chi connectivity index (χ1) is 63.4. The van der Waals surface area contributed by atoms with Crippen molar-refractivity contribution in [2.24, 2.45) is 0 Å². The lowest BCUT2D eigenvalue weighted by molar-refractivity contribution is -0.116. The number of hydrogen-bond acceptors (Lipinski definition) is 37. The maximum Gasteiger partial charge on any atom is 0.0781 e. The highest BCUT2D eigenvalue weighted by atomic mass is 16.6. The SMILES string of the molecule is CC(C)OCCOCCOCCOCCOCCOCCOCCOCCOCCOCCOCC(C)OCC(C)OCC(C)OCC(C)OCC(C)OCC(C)OCC(C)OCC(C)OCC(C)OCC(C)OCC(C)OCC(C)OCC(C)OCC(C)OCC(C)OCC(C)OCCOCCOCCOCCOCCOCCOCCOCCOCCOCCOC(C)C. The van der Waals surface area contributed by atoms with Gasteiger partial charge in [-0.15, -0.1) is 0 Å². The van der Waals surface area contributed by atoms with E-state index >= 15 is 0 Å². The Morgan fingerprint density at radius 1 is 0.0840 bits per heavy atom. The van der Waals surface area contributed by atoms with Crippen LogP contribution in [0.25, 0.3) is 0 Å². The predicted molar refractivity (Wildman–Crippen MR) is 494 cm³/mol. The van der Waals surface area contributed by atoms with Gasteiger partial charge in [0.05, 0.1) is 480 Å². The normalized spacial score (nSPS) is 16.0. The molecule has 0 saturated heterocycles. The molecule has 0 aromatic rings. The van der Waals surface area contributed by atoms with E-state index in [2.05, 4.69) is 0 Å². The van der Waals surface area contributed by atoms with E-state index in [-0.39, 0.29) is 110 Å². The minimum atomic E-state index is -0.133. The van der Waals surface area contributed by atoms with Crippen molar-refractivity contribution < 1.29 is 175 Å². The highest BCUT2D eigenvalue weighted by molar-refractivity contribution is 4.65. The summed E-state index contributed by atoms with van der Waals surface area (Å²) in [4.78, 5) is 0. The Hall–Kier alpha value is -1.48. The van der Waals surface area contributed by atoms with Gasteiger partial charge in [0.25, 0.3) is 0 Å². The molecule has 0 N–H and O–H groups in total. The molecule has 0 amide bonds. The van der Waals surface area contributed by atoms with Crippen molar-refractivity contribution in [1.29, 1.82) is 0 Å². The largest absolute Gasteiger partial charge is 0.377 e. The fraction of sp³-hybridized carbons (Fsp3) is 1.00. The third kappa shape index (κ3) is 101. The molecule has 0 aliphatic carbocycles. The van der Waals surface area contributed by atoms with Gasteiger partial charge in [-0.2, -0.15) is 0 Å². The van der Waals surface area contributed by atoms with Crippen LogP contribution in [0.2, 0.25) is 0 Å². The zero-order valence-electron chi connectivity index (χ0n) is 85.1. The molecule has 0 radical (unpaired) electrons. The lowest BCUT2D eigenvalue weighted by Crippen LogP contribution is -2.31. The summed E-state index contributed by atoms with van der Waals surface area (Å²) in [7, 11) is 0. The van der Waals surface area contributed by atoms with Crippen LogP contribution in [0.3, 0.4) is 0 Å². The van der Waals surface area contributed by atoms with E-state index < -0.39 is 0 Å². The van der Waals surface area contributed by atoms with E-state index in [1.54, 1.807) is 0 Å². The highest BCUT2D eigenvalue weighted by Gasteiger charge is 2.20. The Balaban J connectivity index is 3.75. The van der Waals surface area contributed by atoms with E-state index in [0.29, 0.717) is 370 Å². The van der Waals surface area contributed by atoms with Gasteiger partial charge in [-0.25, -0.2) is 0 Å². The van der Waals surface area contributed by atoms with Crippen molar-refractivity contribution in [3.8, 4) is 0 Å². The van der Waals surface area contributed by atoms with Gasteiger partial charge >= 0.3 is 0 Å². The second-order valence-electron chi connectivity index (χ2n) is 32.8. The molecular formula is C94H190O37. The standard InChI is InChI=1S/C94H190O37/c1-77(2)114-58-55-110-50-47-106-42-39-102-34-31-98-26-23-95-21-22-97-29-30-101-37-38-105-45-46-109-53-54-113-61-79(5)117-63-81(7)119-65-83(9)121-67-85(11)123-69-87(13)125-71-89(15)127-73-91(17)129-75-93(19)131-76-94(20)130-74-92(18)128-72-90(16)126-70-88(14)124-68-86(12)122-66-84(10)120-64-82(8)118-62-80(6)116-60-57-112-52-49-108-44-41-104-36-33-100-28-25-96-24-27-99-32-35-103-40-43-107-48-51-111-56-59-115-78(3)4/h77-94H,21-76H2,1-20H3.